The number of hydrogen-bond donors (Lipinski definition) is 2. The first-order valence-corrected chi connectivity index (χ1v) is 15.8. The van der Waals surface area contributed by atoms with Crippen LogP contribution in [0.1, 0.15) is 37.3 Å². The zero-order valence-corrected chi connectivity index (χ0v) is 25.2. The molecule has 2 N–H and O–H groups in total. The first-order valence-electron chi connectivity index (χ1n) is 15.4. The largest absolute Gasteiger partial charge is 0.508 e. The highest BCUT2D eigenvalue weighted by Crippen LogP contribution is 2.50. The van der Waals surface area contributed by atoms with Gasteiger partial charge in [-0.3, -0.25) is 0 Å². The average Bonchev–Trinajstić information content (AvgIpc) is 3.81. The highest BCUT2D eigenvalue weighted by Gasteiger charge is 2.48. The second kappa shape index (κ2) is 10.6. The van der Waals surface area contributed by atoms with Crippen LogP contribution in [0.15, 0.2) is 48.7 Å². The second-order valence-electron chi connectivity index (χ2n) is 12.6. The van der Waals surface area contributed by atoms with Crippen molar-refractivity contribution in [3.8, 4) is 28.8 Å². The number of nitrogens with zero attached hydrogens (tertiary/aromatic N) is 4. The molecule has 7 nitrogen and oxygen atoms in total. The Labute approximate surface area is 259 Å². The second-order valence-corrected chi connectivity index (χ2v) is 13.0. The van der Waals surface area contributed by atoms with E-state index in [0.717, 1.165) is 48.6 Å². The molecule has 224 valence electrons. The molecule has 1 saturated carbocycles. The van der Waals surface area contributed by atoms with E-state index < -0.39 is 5.82 Å². The summed E-state index contributed by atoms with van der Waals surface area (Å²) in [5.74, 6) is 0.375. The SMILES string of the molecule is CN1CCC[C@H]1COc1nc2c(F)c(-c3cc(O)cc4ccccc34)c(CCC#N)cc2c2c1c(Cl)cn2C1C2CNC1C2. The maximum absolute atomic E-state index is 17.3. The zero-order chi connectivity index (χ0) is 30.1. The number of pyridine rings is 1. The molecule has 0 radical (unpaired) electrons. The van der Waals surface area contributed by atoms with Crippen molar-refractivity contribution in [3.05, 3.63) is 65.1 Å². The third kappa shape index (κ3) is 4.25. The predicted molar refractivity (Wildman–Crippen MR) is 171 cm³/mol. The standard InChI is InChI=1S/C35H33ClFN5O2/c1-41-11-5-8-22(41)18-44-35-30-27(36)17-42(33-21-14-28(33)39-16-21)34(30)26-13-20(7-4-10-38)29(31(37)32(26)40-35)25-15-23(43)12-19-6-2-3-9-24(19)25/h2-3,6,9,12-13,15,17,21-22,28,33,39,43H,4-5,7-8,11,14,16,18H2,1H3/t21?,22-,28?,33?/m0/s1. The quantitative estimate of drug-likeness (QED) is 0.207. The highest BCUT2D eigenvalue weighted by atomic mass is 35.5. The predicted octanol–water partition coefficient (Wildman–Crippen LogP) is 6.97. The van der Waals surface area contributed by atoms with Crippen LogP contribution < -0.4 is 10.1 Å². The van der Waals surface area contributed by atoms with Crippen LogP contribution in [0, 0.1) is 23.1 Å². The van der Waals surface area contributed by atoms with Crippen molar-refractivity contribution < 1.29 is 14.2 Å². The maximum Gasteiger partial charge on any atom is 0.225 e. The third-order valence-electron chi connectivity index (χ3n) is 10.1. The number of likely N-dealkylation sites (N-methyl/N-ethyl adjacent to an activating group) is 1. The monoisotopic (exact) mass is 609 g/mol. The van der Waals surface area contributed by atoms with Gasteiger partial charge in [0.15, 0.2) is 5.82 Å². The first-order chi connectivity index (χ1) is 21.4. The number of phenolic OH excluding ortho intramolecular Hbond substituents is 1. The number of aryl methyl sites for hydroxylation is 1. The van der Waals surface area contributed by atoms with Gasteiger partial charge in [0.2, 0.25) is 5.88 Å². The van der Waals surface area contributed by atoms with Crippen molar-refractivity contribution in [2.75, 3.05) is 26.7 Å². The van der Waals surface area contributed by atoms with Gasteiger partial charge in [0, 0.05) is 42.2 Å². The van der Waals surface area contributed by atoms with Crippen molar-refractivity contribution in [1.29, 1.82) is 5.26 Å². The summed E-state index contributed by atoms with van der Waals surface area (Å²) in [6.45, 7) is 2.40. The molecule has 3 aliphatic heterocycles. The van der Waals surface area contributed by atoms with Crippen LogP contribution in [-0.2, 0) is 6.42 Å². The fourth-order valence-corrected chi connectivity index (χ4v) is 8.14. The molecule has 9 rings (SSSR count). The lowest BCUT2D eigenvalue weighted by Crippen LogP contribution is -2.38. The van der Waals surface area contributed by atoms with Crippen molar-refractivity contribution in [1.82, 2.24) is 19.8 Å². The minimum Gasteiger partial charge on any atom is -0.508 e. The molecule has 4 fully saturated rings. The van der Waals surface area contributed by atoms with Gasteiger partial charge in [0.1, 0.15) is 17.9 Å². The summed E-state index contributed by atoms with van der Waals surface area (Å²) in [7, 11) is 2.10. The number of rotatable bonds is 7. The molecule has 0 spiro atoms. The fourth-order valence-electron chi connectivity index (χ4n) is 7.86. The molecule has 3 saturated heterocycles. The van der Waals surface area contributed by atoms with Crippen LogP contribution in [0.5, 0.6) is 11.6 Å². The van der Waals surface area contributed by atoms with E-state index in [9.17, 15) is 10.4 Å². The molecule has 9 heteroatoms. The number of nitrogens with one attached hydrogen (secondary N) is 1. The molecule has 44 heavy (non-hydrogen) atoms. The average molecular weight is 610 g/mol. The summed E-state index contributed by atoms with van der Waals surface area (Å²) in [5.41, 5.74) is 2.63. The number of hydrogen-bond acceptors (Lipinski definition) is 6. The van der Waals surface area contributed by atoms with E-state index >= 15 is 4.39 Å². The molecule has 1 aliphatic carbocycles. The Balaban J connectivity index is 1.41. The number of fused-ring (bicyclic) bond motifs is 5. The topological polar surface area (TPSA) is 86.3 Å². The zero-order valence-electron chi connectivity index (χ0n) is 24.5. The van der Waals surface area contributed by atoms with Crippen LogP contribution in [0.4, 0.5) is 4.39 Å². The van der Waals surface area contributed by atoms with Crippen LogP contribution in [0.2, 0.25) is 5.02 Å². The molecule has 3 unspecified atom stereocenters. The van der Waals surface area contributed by atoms with Crippen LogP contribution in [-0.4, -0.2) is 58.4 Å². The number of aromatic nitrogens is 2. The number of phenols is 1. The summed E-state index contributed by atoms with van der Waals surface area (Å²) < 4.78 is 25.9. The number of likely N-dealkylation sites (tertiary alicyclic amines) is 1. The van der Waals surface area contributed by atoms with E-state index in [0.29, 0.717) is 63.4 Å². The minimum atomic E-state index is -0.491. The molecular weight excluding hydrogens is 577 g/mol. The number of ether oxygens (including phenoxy) is 1. The molecule has 0 amide bonds. The lowest BCUT2D eigenvalue weighted by atomic mass is 9.80. The Bertz CT molecular complexity index is 1990. The molecule has 3 aromatic carbocycles. The van der Waals surface area contributed by atoms with Gasteiger partial charge >= 0.3 is 0 Å². The van der Waals surface area contributed by atoms with E-state index in [2.05, 4.69) is 27.9 Å². The minimum absolute atomic E-state index is 0.0474. The summed E-state index contributed by atoms with van der Waals surface area (Å²) >= 11 is 6.99. The van der Waals surface area contributed by atoms with Gasteiger partial charge in [-0.15, -0.1) is 0 Å². The Kier molecular flexibility index (Phi) is 6.67. The normalized spacial score (nSPS) is 23.0. The molecular formula is C35H33ClFN5O2. The van der Waals surface area contributed by atoms with Crippen molar-refractivity contribution in [2.24, 2.45) is 5.92 Å². The smallest absolute Gasteiger partial charge is 0.225 e. The van der Waals surface area contributed by atoms with Crippen LogP contribution >= 0.6 is 11.6 Å². The van der Waals surface area contributed by atoms with Gasteiger partial charge in [0.05, 0.1) is 28.0 Å². The van der Waals surface area contributed by atoms with Gasteiger partial charge < -0.3 is 24.6 Å². The van der Waals surface area contributed by atoms with E-state index in [1.807, 2.05) is 36.5 Å². The van der Waals surface area contributed by atoms with Gasteiger partial charge in [-0.25, -0.2) is 9.37 Å². The molecule has 2 aromatic heterocycles. The van der Waals surface area contributed by atoms with E-state index in [4.69, 9.17) is 21.3 Å². The lowest BCUT2D eigenvalue weighted by Gasteiger charge is -2.36. The summed E-state index contributed by atoms with van der Waals surface area (Å²) in [4.78, 5) is 7.16. The van der Waals surface area contributed by atoms with Gasteiger partial charge in [0.25, 0.3) is 0 Å². The summed E-state index contributed by atoms with van der Waals surface area (Å²) in [5, 5.41) is 27.3. The fraction of sp³-hybridized carbons (Fsp3) is 0.371. The Morgan fingerprint density at radius 1 is 1.23 bits per heavy atom. The van der Waals surface area contributed by atoms with E-state index in [-0.39, 0.29) is 29.8 Å². The number of benzene rings is 3. The molecule has 5 aromatic rings. The van der Waals surface area contributed by atoms with Crippen LogP contribution in [0.25, 0.3) is 43.7 Å². The molecule has 5 heterocycles. The maximum atomic E-state index is 17.3. The van der Waals surface area contributed by atoms with Crippen LogP contribution in [0.3, 0.4) is 0 Å². The Morgan fingerprint density at radius 3 is 2.84 bits per heavy atom. The molecule has 4 atom stereocenters. The Hall–Kier alpha value is -3.90. The van der Waals surface area contributed by atoms with Gasteiger partial charge in [-0.1, -0.05) is 35.9 Å². The van der Waals surface area contributed by atoms with Crippen molar-refractivity contribution >= 4 is 44.2 Å². The lowest BCUT2D eigenvalue weighted by molar-refractivity contribution is 0.195. The van der Waals surface area contributed by atoms with Crippen molar-refractivity contribution in [3.63, 3.8) is 0 Å². The summed E-state index contributed by atoms with van der Waals surface area (Å²) in [6.07, 6.45) is 5.79. The van der Waals surface area contributed by atoms with E-state index in [1.165, 1.54) is 0 Å². The Morgan fingerprint density at radius 2 is 2.09 bits per heavy atom. The number of halogens is 2. The van der Waals surface area contributed by atoms with Gasteiger partial charge in [-0.05, 0) is 85.3 Å². The summed E-state index contributed by atoms with van der Waals surface area (Å²) in [6, 6.07) is 15.9. The van der Waals surface area contributed by atoms with E-state index in [1.54, 1.807) is 12.1 Å². The molecule has 4 aliphatic rings. The first kappa shape index (κ1) is 27.6. The number of nitriles is 1. The molecule has 2 bridgehead atoms. The highest BCUT2D eigenvalue weighted by molar-refractivity contribution is 6.37. The van der Waals surface area contributed by atoms with Crippen molar-refractivity contribution in [2.45, 2.75) is 50.2 Å². The number of aromatic hydroxyl groups is 1. The van der Waals surface area contributed by atoms with Gasteiger partial charge in [-0.2, -0.15) is 5.26 Å². The third-order valence-corrected chi connectivity index (χ3v) is 10.4.